The fourth-order valence-electron chi connectivity index (χ4n) is 4.23. The molecular formula is C20H30N2O2. The topological polar surface area (TPSA) is 52.6 Å². The molecule has 0 spiro atoms. The van der Waals surface area contributed by atoms with Gasteiger partial charge in [-0.05, 0) is 51.1 Å². The highest BCUT2D eigenvalue weighted by molar-refractivity contribution is 5.81. The van der Waals surface area contributed by atoms with Crippen LogP contribution in [0.5, 0.6) is 0 Å². The fraction of sp³-hybridized carbons (Fsp3) is 0.650. The van der Waals surface area contributed by atoms with Gasteiger partial charge in [-0.1, -0.05) is 43.2 Å². The summed E-state index contributed by atoms with van der Waals surface area (Å²) >= 11 is 0. The van der Waals surface area contributed by atoms with Gasteiger partial charge >= 0.3 is 0 Å². The molecule has 3 atom stereocenters. The molecule has 0 aromatic heterocycles. The van der Waals surface area contributed by atoms with Crippen molar-refractivity contribution >= 4 is 5.91 Å². The van der Waals surface area contributed by atoms with Crippen molar-refractivity contribution in [3.8, 4) is 0 Å². The third-order valence-corrected chi connectivity index (χ3v) is 5.68. The zero-order valence-electron chi connectivity index (χ0n) is 14.7. The van der Waals surface area contributed by atoms with Crippen molar-refractivity contribution in [2.24, 2.45) is 0 Å². The first-order chi connectivity index (χ1) is 11.6. The molecule has 2 N–H and O–H groups in total. The van der Waals surface area contributed by atoms with Crippen LogP contribution in [-0.4, -0.2) is 40.6 Å². The largest absolute Gasteiger partial charge is 0.388 e. The predicted octanol–water partition coefficient (Wildman–Crippen LogP) is 3.02. The zero-order valence-corrected chi connectivity index (χ0v) is 14.7. The Balaban J connectivity index is 1.56. The maximum Gasteiger partial charge on any atom is 0.237 e. The minimum absolute atomic E-state index is 0.110. The minimum Gasteiger partial charge on any atom is -0.388 e. The average molecular weight is 330 g/mol. The van der Waals surface area contributed by atoms with E-state index in [0.717, 1.165) is 37.8 Å². The smallest absolute Gasteiger partial charge is 0.237 e. The van der Waals surface area contributed by atoms with Crippen molar-refractivity contribution in [2.75, 3.05) is 6.54 Å². The van der Waals surface area contributed by atoms with Crippen molar-refractivity contribution < 1.29 is 9.90 Å². The van der Waals surface area contributed by atoms with Gasteiger partial charge in [0.05, 0.1) is 12.1 Å². The molecule has 1 aliphatic carbocycles. The Morgan fingerprint density at radius 3 is 2.62 bits per heavy atom. The van der Waals surface area contributed by atoms with E-state index in [4.69, 9.17) is 0 Å². The fourth-order valence-corrected chi connectivity index (χ4v) is 4.23. The Hall–Kier alpha value is -1.39. The second-order valence-corrected chi connectivity index (χ2v) is 7.36. The van der Waals surface area contributed by atoms with E-state index in [9.17, 15) is 9.90 Å². The zero-order chi connectivity index (χ0) is 16.9. The van der Waals surface area contributed by atoms with Crippen molar-refractivity contribution in [1.29, 1.82) is 0 Å². The number of hydrogen-bond donors (Lipinski definition) is 2. The number of likely N-dealkylation sites (tertiary alicyclic amines) is 1. The Kier molecular flexibility index (Phi) is 5.90. The first kappa shape index (κ1) is 17.4. The molecule has 2 fully saturated rings. The second-order valence-electron chi connectivity index (χ2n) is 7.36. The van der Waals surface area contributed by atoms with Gasteiger partial charge in [-0.2, -0.15) is 0 Å². The maximum absolute atomic E-state index is 12.6. The molecule has 4 nitrogen and oxygen atoms in total. The van der Waals surface area contributed by atoms with Crippen LogP contribution in [0.1, 0.15) is 63.5 Å². The van der Waals surface area contributed by atoms with E-state index in [1.807, 2.05) is 37.3 Å². The quantitative estimate of drug-likeness (QED) is 0.843. The second kappa shape index (κ2) is 8.13. The van der Waals surface area contributed by atoms with Gasteiger partial charge < -0.3 is 10.4 Å². The summed E-state index contributed by atoms with van der Waals surface area (Å²) in [6.07, 6.45) is 7.11. The van der Waals surface area contributed by atoms with E-state index in [-0.39, 0.29) is 18.0 Å². The van der Waals surface area contributed by atoms with Gasteiger partial charge in [0.1, 0.15) is 0 Å². The van der Waals surface area contributed by atoms with E-state index >= 15 is 0 Å². The number of carbonyl (C=O) groups excluding carboxylic acids is 1. The molecule has 1 saturated carbocycles. The van der Waals surface area contributed by atoms with Gasteiger partial charge in [-0.3, -0.25) is 9.69 Å². The summed E-state index contributed by atoms with van der Waals surface area (Å²) in [5.74, 6) is 0.156. The highest BCUT2D eigenvalue weighted by atomic mass is 16.3. The van der Waals surface area contributed by atoms with Gasteiger partial charge in [0.15, 0.2) is 0 Å². The molecule has 1 aromatic rings. The molecule has 24 heavy (non-hydrogen) atoms. The molecule has 2 aliphatic rings. The molecule has 1 saturated heterocycles. The maximum atomic E-state index is 12.6. The van der Waals surface area contributed by atoms with Gasteiger partial charge in [0.2, 0.25) is 5.91 Å². The van der Waals surface area contributed by atoms with Crippen LogP contribution >= 0.6 is 0 Å². The predicted molar refractivity (Wildman–Crippen MR) is 95.6 cm³/mol. The molecule has 0 bridgehead atoms. The molecule has 4 heteroatoms. The van der Waals surface area contributed by atoms with Gasteiger partial charge in [-0.15, -0.1) is 0 Å². The van der Waals surface area contributed by atoms with Crippen molar-refractivity contribution in [3.63, 3.8) is 0 Å². The van der Waals surface area contributed by atoms with Crippen LogP contribution in [0, 0.1) is 0 Å². The Labute approximate surface area is 145 Å². The lowest BCUT2D eigenvalue weighted by molar-refractivity contribution is -0.127. The van der Waals surface area contributed by atoms with Crippen LogP contribution < -0.4 is 5.32 Å². The van der Waals surface area contributed by atoms with Crippen LogP contribution in [0.3, 0.4) is 0 Å². The highest BCUT2D eigenvalue weighted by Crippen LogP contribution is 2.29. The number of hydrogen-bond acceptors (Lipinski definition) is 3. The minimum atomic E-state index is -0.457. The van der Waals surface area contributed by atoms with Crippen LogP contribution in [0.2, 0.25) is 0 Å². The van der Waals surface area contributed by atoms with Crippen molar-refractivity contribution in [1.82, 2.24) is 10.2 Å². The Morgan fingerprint density at radius 2 is 1.92 bits per heavy atom. The molecule has 1 heterocycles. The molecule has 3 rings (SSSR count). The standard InChI is InChI=1S/C20H30N2O2/c1-15(20(24)21-17-10-5-6-11-17)22-13-7-12-18(22)14-19(23)16-8-3-2-4-9-16/h2-4,8-9,15,17-19,23H,5-7,10-14H2,1H3,(H,21,24). The van der Waals surface area contributed by atoms with Gasteiger partial charge in [0, 0.05) is 12.1 Å². The third kappa shape index (κ3) is 4.17. The number of aliphatic hydroxyl groups excluding tert-OH is 1. The van der Waals surface area contributed by atoms with E-state index in [0.29, 0.717) is 12.5 Å². The van der Waals surface area contributed by atoms with Crippen LogP contribution in [-0.2, 0) is 4.79 Å². The molecule has 0 radical (unpaired) electrons. The molecule has 1 aromatic carbocycles. The van der Waals surface area contributed by atoms with Gasteiger partial charge in [0.25, 0.3) is 0 Å². The molecule has 1 amide bonds. The number of nitrogens with zero attached hydrogens (tertiary/aromatic N) is 1. The lowest BCUT2D eigenvalue weighted by Crippen LogP contribution is -2.49. The summed E-state index contributed by atoms with van der Waals surface area (Å²) < 4.78 is 0. The highest BCUT2D eigenvalue weighted by Gasteiger charge is 2.34. The average Bonchev–Trinajstić information content (AvgIpc) is 3.26. The monoisotopic (exact) mass is 330 g/mol. The van der Waals surface area contributed by atoms with E-state index in [2.05, 4.69) is 10.2 Å². The molecule has 1 aliphatic heterocycles. The SMILES string of the molecule is CC(C(=O)NC1CCCC1)N1CCCC1CC(O)c1ccccc1. The van der Waals surface area contributed by atoms with E-state index in [1.165, 1.54) is 12.8 Å². The lowest BCUT2D eigenvalue weighted by Gasteiger charge is -2.31. The number of carbonyl (C=O) groups is 1. The number of amides is 1. The summed E-state index contributed by atoms with van der Waals surface area (Å²) in [6, 6.07) is 10.4. The van der Waals surface area contributed by atoms with Gasteiger partial charge in [-0.25, -0.2) is 0 Å². The number of aliphatic hydroxyl groups is 1. The third-order valence-electron chi connectivity index (χ3n) is 5.68. The molecule has 132 valence electrons. The van der Waals surface area contributed by atoms with Crippen LogP contribution in [0.4, 0.5) is 0 Å². The normalized spacial score (nSPS) is 24.8. The number of benzene rings is 1. The number of nitrogens with one attached hydrogen (secondary N) is 1. The first-order valence-electron chi connectivity index (χ1n) is 9.44. The Morgan fingerprint density at radius 1 is 1.21 bits per heavy atom. The summed E-state index contributed by atoms with van der Waals surface area (Å²) in [7, 11) is 0. The van der Waals surface area contributed by atoms with Crippen molar-refractivity contribution in [3.05, 3.63) is 35.9 Å². The summed E-state index contributed by atoms with van der Waals surface area (Å²) in [6.45, 7) is 2.96. The van der Waals surface area contributed by atoms with E-state index in [1.54, 1.807) is 0 Å². The summed E-state index contributed by atoms with van der Waals surface area (Å²) in [5.41, 5.74) is 0.965. The van der Waals surface area contributed by atoms with E-state index < -0.39 is 6.10 Å². The number of rotatable bonds is 6. The summed E-state index contributed by atoms with van der Waals surface area (Å²) in [4.78, 5) is 14.9. The van der Waals surface area contributed by atoms with Crippen LogP contribution in [0.15, 0.2) is 30.3 Å². The first-order valence-corrected chi connectivity index (χ1v) is 9.44. The Bertz CT molecular complexity index is 528. The molecular weight excluding hydrogens is 300 g/mol. The lowest BCUT2D eigenvalue weighted by atomic mass is 10.00. The van der Waals surface area contributed by atoms with Crippen molar-refractivity contribution in [2.45, 2.75) is 76.1 Å². The molecule has 3 unspecified atom stereocenters. The van der Waals surface area contributed by atoms with Crippen LogP contribution in [0.25, 0.3) is 0 Å². The summed E-state index contributed by atoms with van der Waals surface area (Å²) in [5, 5.41) is 13.7.